The van der Waals surface area contributed by atoms with Crippen molar-refractivity contribution in [2.45, 2.75) is 37.0 Å². The van der Waals surface area contributed by atoms with Crippen LogP contribution in [0.3, 0.4) is 0 Å². The lowest BCUT2D eigenvalue weighted by atomic mass is 9.89. The van der Waals surface area contributed by atoms with E-state index in [0.717, 1.165) is 32.4 Å². The molecular weight excluding hydrogens is 200 g/mol. The monoisotopic (exact) mass is 218 g/mol. The van der Waals surface area contributed by atoms with Crippen molar-refractivity contribution in [1.82, 2.24) is 5.32 Å². The number of aliphatic imine (C=N–C) groups is 1. The maximum atomic E-state index is 6.34. The molecule has 2 heterocycles. The van der Waals surface area contributed by atoms with Crippen molar-refractivity contribution < 1.29 is 4.74 Å². The van der Waals surface area contributed by atoms with Crippen molar-refractivity contribution in [3.63, 3.8) is 0 Å². The molecule has 1 spiro atoms. The topological polar surface area (TPSA) is 33.6 Å². The third kappa shape index (κ3) is 1.85. The van der Waals surface area contributed by atoms with Gasteiger partial charge in [0.25, 0.3) is 0 Å². The third-order valence-corrected chi connectivity index (χ3v) is 3.70. The molecule has 0 aromatic heterocycles. The fourth-order valence-corrected chi connectivity index (χ4v) is 2.70. The van der Waals surface area contributed by atoms with E-state index >= 15 is 0 Å². The predicted molar refractivity (Wildman–Crippen MR) is 64.9 cm³/mol. The number of allylic oxidation sites excluding steroid dienone is 2. The largest absolute Gasteiger partial charge is 0.365 e. The molecular formula is C13H18N2O. The summed E-state index contributed by atoms with van der Waals surface area (Å²) >= 11 is 0. The number of nitrogens with zero attached hydrogens (tertiary/aromatic N) is 1. The quantitative estimate of drug-likeness (QED) is 0.668. The second-order valence-corrected chi connectivity index (χ2v) is 4.81. The highest BCUT2D eigenvalue weighted by atomic mass is 16.5. The zero-order chi connectivity index (χ0) is 10.8. The minimum absolute atomic E-state index is 0.0314. The maximum absolute atomic E-state index is 6.34. The standard InChI is InChI=1S/C13H18N2O/c1-2-4-12-11(3-1)15-10-7-13(16-12)5-8-14-9-6-13/h1-4,10-12,14H,5-9H2. The number of hydrogen-bond acceptors (Lipinski definition) is 3. The summed E-state index contributed by atoms with van der Waals surface area (Å²) in [4.78, 5) is 4.59. The molecule has 16 heavy (non-hydrogen) atoms. The molecule has 0 aromatic carbocycles. The van der Waals surface area contributed by atoms with Gasteiger partial charge in [0.15, 0.2) is 0 Å². The van der Waals surface area contributed by atoms with Gasteiger partial charge in [0.1, 0.15) is 6.10 Å². The van der Waals surface area contributed by atoms with Crippen LogP contribution in [0.15, 0.2) is 29.3 Å². The first kappa shape index (κ1) is 10.2. The van der Waals surface area contributed by atoms with Gasteiger partial charge in [-0.1, -0.05) is 24.3 Å². The third-order valence-electron chi connectivity index (χ3n) is 3.70. The molecule has 3 aliphatic rings. The minimum Gasteiger partial charge on any atom is -0.365 e. The smallest absolute Gasteiger partial charge is 0.103 e. The van der Waals surface area contributed by atoms with E-state index in [0.29, 0.717) is 0 Å². The summed E-state index contributed by atoms with van der Waals surface area (Å²) in [6, 6.07) is 0.194. The van der Waals surface area contributed by atoms with E-state index in [1.54, 1.807) is 0 Å². The van der Waals surface area contributed by atoms with E-state index in [4.69, 9.17) is 4.74 Å². The van der Waals surface area contributed by atoms with Gasteiger partial charge < -0.3 is 10.1 Å². The molecule has 0 saturated carbocycles. The van der Waals surface area contributed by atoms with Crippen LogP contribution in [0, 0.1) is 0 Å². The molecule has 86 valence electrons. The van der Waals surface area contributed by atoms with Crippen LogP contribution in [0.1, 0.15) is 19.3 Å². The highest BCUT2D eigenvalue weighted by Crippen LogP contribution is 2.32. The average molecular weight is 218 g/mol. The van der Waals surface area contributed by atoms with Crippen LogP contribution in [-0.2, 0) is 4.74 Å². The first-order valence-electron chi connectivity index (χ1n) is 6.13. The van der Waals surface area contributed by atoms with Crippen LogP contribution in [0.4, 0.5) is 0 Å². The maximum Gasteiger partial charge on any atom is 0.103 e. The van der Waals surface area contributed by atoms with Crippen LogP contribution in [0.2, 0.25) is 0 Å². The molecule has 2 unspecified atom stereocenters. The van der Waals surface area contributed by atoms with Crippen molar-refractivity contribution in [3.05, 3.63) is 24.3 Å². The van der Waals surface area contributed by atoms with Gasteiger partial charge in [-0.15, -0.1) is 0 Å². The van der Waals surface area contributed by atoms with Crippen molar-refractivity contribution >= 4 is 6.21 Å². The Kier molecular flexibility index (Phi) is 2.65. The van der Waals surface area contributed by atoms with Crippen LogP contribution < -0.4 is 5.32 Å². The van der Waals surface area contributed by atoms with Gasteiger partial charge in [0.2, 0.25) is 0 Å². The Morgan fingerprint density at radius 1 is 1.19 bits per heavy atom. The van der Waals surface area contributed by atoms with Gasteiger partial charge >= 0.3 is 0 Å². The van der Waals surface area contributed by atoms with Crippen LogP contribution in [0.25, 0.3) is 0 Å². The fourth-order valence-electron chi connectivity index (χ4n) is 2.70. The van der Waals surface area contributed by atoms with E-state index in [1.807, 2.05) is 0 Å². The summed E-state index contributed by atoms with van der Waals surface area (Å²) in [6.45, 7) is 2.12. The molecule has 0 amide bonds. The molecule has 1 saturated heterocycles. The van der Waals surface area contributed by atoms with E-state index < -0.39 is 0 Å². The van der Waals surface area contributed by atoms with Gasteiger partial charge in [-0.25, -0.2) is 0 Å². The Bertz CT molecular complexity index is 340. The number of fused-ring (bicyclic) bond motifs is 1. The zero-order valence-electron chi connectivity index (χ0n) is 9.43. The number of hydrogen-bond donors (Lipinski definition) is 1. The molecule has 0 radical (unpaired) electrons. The SMILES string of the molecule is C1=CC2N=CCC3(CCNCC3)OC2C=C1. The lowest BCUT2D eigenvalue weighted by Gasteiger charge is -2.38. The van der Waals surface area contributed by atoms with Crippen LogP contribution in [-0.4, -0.2) is 37.1 Å². The van der Waals surface area contributed by atoms with E-state index in [2.05, 4.69) is 40.8 Å². The highest BCUT2D eigenvalue weighted by molar-refractivity contribution is 5.60. The molecule has 1 fully saturated rings. The summed E-state index contributed by atoms with van der Waals surface area (Å²) < 4.78 is 6.34. The van der Waals surface area contributed by atoms with Crippen molar-refractivity contribution in [3.8, 4) is 0 Å². The summed E-state index contributed by atoms with van der Waals surface area (Å²) in [5.74, 6) is 0. The average Bonchev–Trinajstić information content (AvgIpc) is 2.49. The lowest BCUT2D eigenvalue weighted by molar-refractivity contribution is -0.0875. The molecule has 3 rings (SSSR count). The van der Waals surface area contributed by atoms with Gasteiger partial charge in [0, 0.05) is 12.6 Å². The fraction of sp³-hybridized carbons (Fsp3) is 0.615. The molecule has 0 bridgehead atoms. The van der Waals surface area contributed by atoms with Crippen LogP contribution >= 0.6 is 0 Å². The summed E-state index contributed by atoms with van der Waals surface area (Å²) in [6.07, 6.45) is 13.8. The molecule has 1 aliphatic carbocycles. The first-order valence-corrected chi connectivity index (χ1v) is 6.13. The van der Waals surface area contributed by atoms with E-state index in [-0.39, 0.29) is 17.7 Å². The van der Waals surface area contributed by atoms with Gasteiger partial charge in [-0.3, -0.25) is 4.99 Å². The first-order chi connectivity index (χ1) is 7.88. The second kappa shape index (κ2) is 4.15. The van der Waals surface area contributed by atoms with Gasteiger partial charge in [-0.05, 0) is 25.9 Å². The number of rotatable bonds is 0. The van der Waals surface area contributed by atoms with Gasteiger partial charge in [-0.2, -0.15) is 0 Å². The van der Waals surface area contributed by atoms with Crippen molar-refractivity contribution in [2.75, 3.05) is 13.1 Å². The predicted octanol–water partition coefficient (Wildman–Crippen LogP) is 1.46. The summed E-state index contributed by atoms with van der Waals surface area (Å²) in [7, 11) is 0. The lowest BCUT2D eigenvalue weighted by Crippen LogP contribution is -2.46. The van der Waals surface area contributed by atoms with E-state index in [9.17, 15) is 0 Å². The summed E-state index contributed by atoms with van der Waals surface area (Å²) in [5.41, 5.74) is 0.0314. The molecule has 2 atom stereocenters. The Morgan fingerprint density at radius 2 is 2.00 bits per heavy atom. The second-order valence-electron chi connectivity index (χ2n) is 4.81. The molecule has 1 N–H and O–H groups in total. The number of piperidine rings is 1. The Balaban J connectivity index is 1.81. The zero-order valence-corrected chi connectivity index (χ0v) is 9.43. The van der Waals surface area contributed by atoms with Gasteiger partial charge in [0.05, 0.1) is 11.6 Å². The molecule has 2 aliphatic heterocycles. The highest BCUT2D eigenvalue weighted by Gasteiger charge is 2.37. The molecule has 0 aromatic rings. The number of ether oxygens (including phenoxy) is 1. The van der Waals surface area contributed by atoms with Crippen molar-refractivity contribution in [1.29, 1.82) is 0 Å². The molecule has 3 nitrogen and oxygen atoms in total. The van der Waals surface area contributed by atoms with E-state index in [1.165, 1.54) is 0 Å². The Hall–Kier alpha value is -0.930. The Labute approximate surface area is 96.3 Å². The Morgan fingerprint density at radius 3 is 2.88 bits per heavy atom. The minimum atomic E-state index is 0.0314. The molecule has 3 heteroatoms. The van der Waals surface area contributed by atoms with Crippen LogP contribution in [0.5, 0.6) is 0 Å². The number of nitrogens with one attached hydrogen (secondary N) is 1. The summed E-state index contributed by atoms with van der Waals surface area (Å²) in [5, 5.41) is 3.39. The van der Waals surface area contributed by atoms with Crippen molar-refractivity contribution in [2.24, 2.45) is 4.99 Å². The normalized spacial score (nSPS) is 36.0.